The van der Waals surface area contributed by atoms with E-state index >= 15 is 0 Å². The molecule has 0 radical (unpaired) electrons. The van der Waals surface area contributed by atoms with Gasteiger partial charge in [0.1, 0.15) is 5.75 Å². The Hall–Kier alpha value is -4.06. The lowest BCUT2D eigenvalue weighted by molar-refractivity contribution is -0.192. The minimum atomic E-state index is -5.08. The van der Waals surface area contributed by atoms with Crippen LogP contribution in [0.2, 0.25) is 0 Å². The molecule has 1 fully saturated rings. The number of amides is 1. The third kappa shape index (κ3) is 8.53. The molecule has 0 unspecified atom stereocenters. The fraction of sp³-hybridized carbons (Fsp3) is 0.320. The molecule has 0 spiro atoms. The van der Waals surface area contributed by atoms with Crippen LogP contribution in [-0.2, 0) is 24.9 Å². The van der Waals surface area contributed by atoms with Crippen molar-refractivity contribution in [2.45, 2.75) is 19.3 Å². The molecule has 1 aliphatic heterocycles. The van der Waals surface area contributed by atoms with Gasteiger partial charge in [0.15, 0.2) is 0 Å². The van der Waals surface area contributed by atoms with Gasteiger partial charge in [0.05, 0.1) is 6.20 Å². The maximum Gasteiger partial charge on any atom is 0.490 e. The molecule has 0 atom stereocenters. The number of aryl methyl sites for hydroxylation is 1. The number of carboxylic acids is 1. The van der Waals surface area contributed by atoms with Gasteiger partial charge in [-0.3, -0.25) is 14.4 Å². The Bertz CT molecular complexity index is 1190. The fourth-order valence-corrected chi connectivity index (χ4v) is 3.70. The van der Waals surface area contributed by atoms with Crippen molar-refractivity contribution in [3.05, 3.63) is 77.6 Å². The van der Waals surface area contributed by atoms with Gasteiger partial charge in [0, 0.05) is 69.3 Å². The Kier molecular flexibility index (Phi) is 9.12. The van der Waals surface area contributed by atoms with Crippen molar-refractivity contribution < 1.29 is 33.0 Å². The number of nitrogens with zero attached hydrogens (tertiary/aromatic N) is 4. The summed E-state index contributed by atoms with van der Waals surface area (Å²) in [5.74, 6) is -2.39. The van der Waals surface area contributed by atoms with Crippen molar-refractivity contribution in [2.24, 2.45) is 7.05 Å². The summed E-state index contributed by atoms with van der Waals surface area (Å²) >= 11 is 0. The third-order valence-corrected chi connectivity index (χ3v) is 5.61. The fourth-order valence-electron chi connectivity index (χ4n) is 3.70. The summed E-state index contributed by atoms with van der Waals surface area (Å²) < 4.78 is 33.5. The molecule has 3 N–H and O–H groups in total. The molecule has 2 aromatic carbocycles. The summed E-state index contributed by atoms with van der Waals surface area (Å²) in [4.78, 5) is 26.0. The van der Waals surface area contributed by atoms with Gasteiger partial charge in [-0.25, -0.2) is 4.79 Å². The monoisotopic (exact) mass is 519 g/mol. The number of benzene rings is 2. The lowest BCUT2D eigenvalue weighted by atomic mass is 10.1. The number of hydrogen-bond acceptors (Lipinski definition) is 6. The molecular formula is C25H28F3N5O4. The highest BCUT2D eigenvalue weighted by Crippen LogP contribution is 2.17. The second-order valence-corrected chi connectivity index (χ2v) is 8.49. The Morgan fingerprint density at radius 2 is 1.68 bits per heavy atom. The van der Waals surface area contributed by atoms with Gasteiger partial charge in [-0.05, 0) is 42.0 Å². The number of halogens is 3. The third-order valence-electron chi connectivity index (χ3n) is 5.61. The zero-order valence-electron chi connectivity index (χ0n) is 20.1. The van der Waals surface area contributed by atoms with Crippen LogP contribution in [0.4, 0.5) is 18.9 Å². The lowest BCUT2D eigenvalue weighted by Crippen LogP contribution is -2.48. The minimum absolute atomic E-state index is 0.0748. The Balaban J connectivity index is 0.000000479. The predicted molar refractivity (Wildman–Crippen MR) is 130 cm³/mol. The van der Waals surface area contributed by atoms with Crippen molar-refractivity contribution in [2.75, 3.05) is 31.5 Å². The van der Waals surface area contributed by atoms with E-state index in [9.17, 15) is 23.1 Å². The molecule has 1 amide bonds. The molecule has 1 saturated heterocycles. The van der Waals surface area contributed by atoms with Crippen LogP contribution >= 0.6 is 0 Å². The highest BCUT2D eigenvalue weighted by Gasteiger charge is 2.38. The second-order valence-electron chi connectivity index (χ2n) is 8.49. The average molecular weight is 520 g/mol. The van der Waals surface area contributed by atoms with E-state index in [2.05, 4.69) is 15.3 Å². The van der Waals surface area contributed by atoms with Crippen LogP contribution in [0.15, 0.2) is 60.9 Å². The SMILES string of the molecule is Cn1cc(CNc2ccc(C(=O)N3CCN(Cc4cccc(O)c4)CC3)cc2)cn1.O=C(O)C(F)(F)F. The maximum atomic E-state index is 12.8. The smallest absolute Gasteiger partial charge is 0.490 e. The van der Waals surface area contributed by atoms with Crippen LogP contribution in [-0.4, -0.2) is 74.0 Å². The topological polar surface area (TPSA) is 111 Å². The van der Waals surface area contributed by atoms with E-state index in [-0.39, 0.29) is 5.91 Å². The highest BCUT2D eigenvalue weighted by molar-refractivity contribution is 5.94. The van der Waals surface area contributed by atoms with Crippen molar-refractivity contribution in [1.82, 2.24) is 19.6 Å². The maximum absolute atomic E-state index is 12.8. The summed E-state index contributed by atoms with van der Waals surface area (Å²) in [6.45, 7) is 4.55. The summed E-state index contributed by atoms with van der Waals surface area (Å²) in [5, 5.41) is 24.3. The van der Waals surface area contributed by atoms with E-state index in [0.717, 1.165) is 36.4 Å². The van der Waals surface area contributed by atoms with Crippen molar-refractivity contribution >= 4 is 17.6 Å². The van der Waals surface area contributed by atoms with E-state index < -0.39 is 12.1 Å². The number of aliphatic carboxylic acids is 1. The van der Waals surface area contributed by atoms with Gasteiger partial charge in [0.2, 0.25) is 0 Å². The van der Waals surface area contributed by atoms with Crippen LogP contribution in [0.5, 0.6) is 5.75 Å². The van der Waals surface area contributed by atoms with Crippen molar-refractivity contribution in [3.8, 4) is 5.75 Å². The first-order chi connectivity index (χ1) is 17.5. The van der Waals surface area contributed by atoms with Crippen molar-refractivity contribution in [3.63, 3.8) is 0 Å². The molecule has 37 heavy (non-hydrogen) atoms. The van der Waals surface area contributed by atoms with E-state index in [0.29, 0.717) is 30.9 Å². The normalized spacial score (nSPS) is 14.0. The quantitative estimate of drug-likeness (QED) is 0.458. The van der Waals surface area contributed by atoms with Crippen LogP contribution in [0.25, 0.3) is 0 Å². The molecule has 3 aromatic rings. The van der Waals surface area contributed by atoms with E-state index in [1.54, 1.807) is 16.8 Å². The number of carbonyl (C=O) groups is 2. The van der Waals surface area contributed by atoms with Gasteiger partial charge in [0.25, 0.3) is 5.91 Å². The van der Waals surface area contributed by atoms with Crippen LogP contribution in [0.3, 0.4) is 0 Å². The molecule has 198 valence electrons. The molecule has 0 aliphatic carbocycles. The van der Waals surface area contributed by atoms with Crippen molar-refractivity contribution in [1.29, 1.82) is 0 Å². The lowest BCUT2D eigenvalue weighted by Gasteiger charge is -2.34. The molecule has 0 bridgehead atoms. The number of rotatable bonds is 6. The summed E-state index contributed by atoms with van der Waals surface area (Å²) in [6.07, 6.45) is -1.27. The number of alkyl halides is 3. The van der Waals surface area contributed by atoms with E-state index in [1.807, 2.05) is 60.7 Å². The van der Waals surface area contributed by atoms with Gasteiger partial charge in [-0.1, -0.05) is 12.1 Å². The molecule has 12 heteroatoms. The first-order valence-corrected chi connectivity index (χ1v) is 11.4. The number of carbonyl (C=O) groups excluding carboxylic acids is 1. The number of nitrogens with one attached hydrogen (secondary N) is 1. The highest BCUT2D eigenvalue weighted by atomic mass is 19.4. The number of carboxylic acid groups (broad SMARTS) is 1. The zero-order valence-corrected chi connectivity index (χ0v) is 20.1. The largest absolute Gasteiger partial charge is 0.508 e. The standard InChI is InChI=1S/C23H27N5O2.C2HF3O2/c1-26-16-19(15-25-26)14-24-21-7-5-20(6-8-21)23(30)28-11-9-27(10-12-28)17-18-3-2-4-22(29)13-18;3-2(4,5)1(6)7/h2-8,13,15-16,24,29H,9-12,14,17H2,1H3;(H,6,7). The predicted octanol–water partition coefficient (Wildman–Crippen LogP) is 3.33. The number of phenolic OH excluding ortho intramolecular Hbond substituents is 1. The number of phenols is 1. The number of aromatic hydroxyl groups is 1. The Labute approximate surface area is 211 Å². The van der Waals surface area contributed by atoms with Gasteiger partial charge in [-0.15, -0.1) is 0 Å². The molecule has 0 saturated carbocycles. The molecule has 1 aliphatic rings. The summed E-state index contributed by atoms with van der Waals surface area (Å²) in [6, 6.07) is 15.0. The molecular weight excluding hydrogens is 491 g/mol. The van der Waals surface area contributed by atoms with E-state index in [4.69, 9.17) is 9.90 Å². The number of anilines is 1. The van der Waals surface area contributed by atoms with Crippen LogP contribution < -0.4 is 5.32 Å². The van der Waals surface area contributed by atoms with Crippen LogP contribution in [0, 0.1) is 0 Å². The zero-order chi connectivity index (χ0) is 27.0. The Morgan fingerprint density at radius 1 is 1.03 bits per heavy atom. The summed E-state index contributed by atoms with van der Waals surface area (Å²) in [7, 11) is 1.90. The van der Waals surface area contributed by atoms with Gasteiger partial charge >= 0.3 is 12.1 Å². The molecule has 9 nitrogen and oxygen atoms in total. The van der Waals surface area contributed by atoms with E-state index in [1.165, 1.54) is 0 Å². The number of hydrogen-bond donors (Lipinski definition) is 3. The first kappa shape index (κ1) is 27.5. The van der Waals surface area contributed by atoms with Gasteiger partial charge in [-0.2, -0.15) is 18.3 Å². The molecule has 4 rings (SSSR count). The number of piperazine rings is 1. The van der Waals surface area contributed by atoms with Gasteiger partial charge < -0.3 is 20.4 Å². The average Bonchev–Trinajstić information content (AvgIpc) is 3.28. The molecule has 2 heterocycles. The Morgan fingerprint density at radius 3 is 2.22 bits per heavy atom. The molecule has 1 aromatic heterocycles. The summed E-state index contributed by atoms with van der Waals surface area (Å²) in [5.41, 5.74) is 3.89. The number of aromatic nitrogens is 2. The van der Waals surface area contributed by atoms with Crippen LogP contribution in [0.1, 0.15) is 21.5 Å². The minimum Gasteiger partial charge on any atom is -0.508 e. The first-order valence-electron chi connectivity index (χ1n) is 11.4. The second kappa shape index (κ2) is 12.3.